The van der Waals surface area contributed by atoms with E-state index in [9.17, 15) is 0 Å². The molecule has 0 fully saturated rings. The molecule has 15 heavy (non-hydrogen) atoms. The second kappa shape index (κ2) is 5.95. The third-order valence-corrected chi connectivity index (χ3v) is 2.61. The fourth-order valence-corrected chi connectivity index (χ4v) is 1.44. The molecule has 0 radical (unpaired) electrons. The van der Waals surface area contributed by atoms with Gasteiger partial charge in [0.2, 0.25) is 0 Å². The van der Waals surface area contributed by atoms with Crippen LogP contribution in [0.3, 0.4) is 0 Å². The van der Waals surface area contributed by atoms with Crippen molar-refractivity contribution in [1.82, 2.24) is 10.6 Å². The summed E-state index contributed by atoms with van der Waals surface area (Å²) in [5.41, 5.74) is 0.248. The fourth-order valence-electron chi connectivity index (χ4n) is 1.44. The van der Waals surface area contributed by atoms with Crippen LogP contribution >= 0.6 is 0 Å². The molecule has 0 saturated heterocycles. The van der Waals surface area contributed by atoms with Crippen LogP contribution in [0.25, 0.3) is 0 Å². The average Bonchev–Trinajstić information content (AvgIpc) is 2.25. The van der Waals surface area contributed by atoms with Crippen molar-refractivity contribution in [3.63, 3.8) is 0 Å². The van der Waals surface area contributed by atoms with Crippen LogP contribution in [0.5, 0.6) is 0 Å². The van der Waals surface area contributed by atoms with Gasteiger partial charge in [-0.3, -0.25) is 4.99 Å². The van der Waals surface area contributed by atoms with Gasteiger partial charge in [-0.05, 0) is 18.3 Å². The molecular weight excluding hydrogens is 190 g/mol. The number of guanidine groups is 1. The summed E-state index contributed by atoms with van der Waals surface area (Å²) < 4.78 is 5.10. The van der Waals surface area contributed by atoms with Gasteiger partial charge < -0.3 is 15.4 Å². The van der Waals surface area contributed by atoms with Crippen LogP contribution in [0.1, 0.15) is 26.7 Å². The van der Waals surface area contributed by atoms with E-state index in [4.69, 9.17) is 4.74 Å². The molecule has 88 valence electrons. The Morgan fingerprint density at radius 1 is 1.53 bits per heavy atom. The number of methoxy groups -OCH3 is 1. The van der Waals surface area contributed by atoms with Crippen molar-refractivity contribution in [1.29, 1.82) is 0 Å². The van der Waals surface area contributed by atoms with E-state index in [0.717, 1.165) is 45.0 Å². The first-order chi connectivity index (χ1) is 7.14. The summed E-state index contributed by atoms with van der Waals surface area (Å²) >= 11 is 0. The second-order valence-corrected chi connectivity index (χ2v) is 4.77. The minimum Gasteiger partial charge on any atom is -0.385 e. The van der Waals surface area contributed by atoms with Crippen molar-refractivity contribution >= 4 is 5.96 Å². The van der Waals surface area contributed by atoms with Crippen LogP contribution < -0.4 is 10.6 Å². The van der Waals surface area contributed by atoms with E-state index in [1.54, 1.807) is 7.11 Å². The molecule has 1 aliphatic heterocycles. The molecule has 0 amide bonds. The second-order valence-electron chi connectivity index (χ2n) is 4.77. The number of aliphatic imine (C=N–C) groups is 1. The van der Waals surface area contributed by atoms with E-state index >= 15 is 0 Å². The predicted molar refractivity (Wildman–Crippen MR) is 63.2 cm³/mol. The van der Waals surface area contributed by atoms with Crippen LogP contribution in [-0.4, -0.2) is 39.3 Å². The van der Waals surface area contributed by atoms with Crippen LogP contribution in [0.4, 0.5) is 0 Å². The Balaban J connectivity index is 2.25. The third-order valence-electron chi connectivity index (χ3n) is 2.61. The summed E-state index contributed by atoms with van der Waals surface area (Å²) in [6, 6.07) is 0. The van der Waals surface area contributed by atoms with Gasteiger partial charge in [0.05, 0.1) is 0 Å². The highest BCUT2D eigenvalue weighted by Crippen LogP contribution is 2.18. The Morgan fingerprint density at radius 2 is 2.33 bits per heavy atom. The van der Waals surface area contributed by atoms with Crippen LogP contribution in [0.15, 0.2) is 4.99 Å². The monoisotopic (exact) mass is 213 g/mol. The lowest BCUT2D eigenvalue weighted by Gasteiger charge is -2.26. The smallest absolute Gasteiger partial charge is 0.191 e. The Kier molecular flexibility index (Phi) is 4.88. The molecule has 1 rings (SSSR count). The van der Waals surface area contributed by atoms with Gasteiger partial charge in [-0.25, -0.2) is 0 Å². The average molecular weight is 213 g/mol. The molecule has 0 aromatic rings. The maximum atomic E-state index is 5.10. The van der Waals surface area contributed by atoms with Crippen LogP contribution in [0, 0.1) is 5.41 Å². The molecule has 1 heterocycles. The van der Waals surface area contributed by atoms with Gasteiger partial charge in [0.25, 0.3) is 0 Å². The lowest BCUT2D eigenvalue weighted by molar-refractivity contribution is 0.153. The summed E-state index contributed by atoms with van der Waals surface area (Å²) in [4.78, 5) is 4.38. The normalized spacial score (nSPS) is 16.9. The molecule has 0 spiro atoms. The maximum Gasteiger partial charge on any atom is 0.191 e. The minimum atomic E-state index is 0.248. The lowest BCUT2D eigenvalue weighted by atomic mass is 9.90. The Hall–Kier alpha value is -0.770. The summed E-state index contributed by atoms with van der Waals surface area (Å²) in [6.07, 6.45) is 2.20. The van der Waals surface area contributed by atoms with E-state index in [0.29, 0.717) is 0 Å². The van der Waals surface area contributed by atoms with Gasteiger partial charge in [-0.15, -0.1) is 0 Å². The molecule has 1 aliphatic rings. The SMILES string of the molecule is COCCC(C)(C)CNC1=NCCCN1. The topological polar surface area (TPSA) is 45.6 Å². The zero-order valence-corrected chi connectivity index (χ0v) is 10.1. The van der Waals surface area contributed by atoms with Gasteiger partial charge in [-0.2, -0.15) is 0 Å². The maximum absolute atomic E-state index is 5.10. The lowest BCUT2D eigenvalue weighted by Crippen LogP contribution is -2.44. The molecule has 0 bridgehead atoms. The molecule has 0 saturated carbocycles. The number of ether oxygens (including phenoxy) is 1. The minimum absolute atomic E-state index is 0.248. The first-order valence-electron chi connectivity index (χ1n) is 5.65. The first-order valence-corrected chi connectivity index (χ1v) is 5.65. The largest absolute Gasteiger partial charge is 0.385 e. The molecule has 0 aromatic carbocycles. The number of nitrogens with zero attached hydrogens (tertiary/aromatic N) is 1. The van der Waals surface area contributed by atoms with Crippen molar-refractivity contribution in [3.8, 4) is 0 Å². The molecular formula is C11H23N3O. The molecule has 0 atom stereocenters. The van der Waals surface area contributed by atoms with Gasteiger partial charge in [0, 0.05) is 33.4 Å². The van der Waals surface area contributed by atoms with Crippen molar-refractivity contribution in [3.05, 3.63) is 0 Å². The number of hydrogen-bond acceptors (Lipinski definition) is 4. The molecule has 0 aliphatic carbocycles. The van der Waals surface area contributed by atoms with E-state index in [1.807, 2.05) is 0 Å². The van der Waals surface area contributed by atoms with Crippen LogP contribution in [0.2, 0.25) is 0 Å². The molecule has 4 nitrogen and oxygen atoms in total. The summed E-state index contributed by atoms with van der Waals surface area (Å²) in [5.74, 6) is 0.951. The van der Waals surface area contributed by atoms with Crippen molar-refractivity contribution in [2.45, 2.75) is 26.7 Å². The van der Waals surface area contributed by atoms with Crippen molar-refractivity contribution < 1.29 is 4.74 Å². The Bertz CT molecular complexity index is 214. The van der Waals surface area contributed by atoms with E-state index in [2.05, 4.69) is 29.5 Å². The van der Waals surface area contributed by atoms with Crippen LogP contribution in [-0.2, 0) is 4.74 Å². The molecule has 0 unspecified atom stereocenters. The highest BCUT2D eigenvalue weighted by molar-refractivity contribution is 5.80. The van der Waals surface area contributed by atoms with Gasteiger partial charge in [0.15, 0.2) is 5.96 Å². The zero-order valence-electron chi connectivity index (χ0n) is 10.1. The highest BCUT2D eigenvalue weighted by Gasteiger charge is 2.18. The first kappa shape index (κ1) is 12.3. The van der Waals surface area contributed by atoms with Gasteiger partial charge in [-0.1, -0.05) is 13.8 Å². The quantitative estimate of drug-likeness (QED) is 0.716. The van der Waals surface area contributed by atoms with Gasteiger partial charge >= 0.3 is 0 Å². The predicted octanol–water partition coefficient (Wildman–Crippen LogP) is 0.988. The summed E-state index contributed by atoms with van der Waals surface area (Å²) in [6.45, 7) is 8.19. The zero-order chi connectivity index (χ0) is 11.1. The summed E-state index contributed by atoms with van der Waals surface area (Å²) in [7, 11) is 1.75. The third kappa shape index (κ3) is 5.02. The molecule has 2 N–H and O–H groups in total. The number of hydrogen-bond donors (Lipinski definition) is 2. The number of nitrogens with one attached hydrogen (secondary N) is 2. The standard InChI is InChI=1S/C11H23N3O/c1-11(2,5-8-15-3)9-14-10-12-6-4-7-13-10/h4-9H2,1-3H3,(H2,12,13,14). The fraction of sp³-hybridized carbons (Fsp3) is 0.909. The Labute approximate surface area is 92.5 Å². The molecule has 0 aromatic heterocycles. The number of rotatable bonds is 5. The van der Waals surface area contributed by atoms with E-state index < -0.39 is 0 Å². The van der Waals surface area contributed by atoms with E-state index in [1.165, 1.54) is 0 Å². The molecule has 4 heteroatoms. The van der Waals surface area contributed by atoms with Crippen molar-refractivity contribution in [2.24, 2.45) is 10.4 Å². The Morgan fingerprint density at radius 3 is 2.93 bits per heavy atom. The summed E-state index contributed by atoms with van der Waals surface area (Å²) in [5, 5.41) is 6.61. The van der Waals surface area contributed by atoms with Gasteiger partial charge in [0.1, 0.15) is 0 Å². The highest BCUT2D eigenvalue weighted by atomic mass is 16.5. The van der Waals surface area contributed by atoms with Crippen molar-refractivity contribution in [2.75, 3.05) is 33.4 Å². The van der Waals surface area contributed by atoms with E-state index in [-0.39, 0.29) is 5.41 Å².